The second kappa shape index (κ2) is 9.26. The lowest BCUT2D eigenvalue weighted by Crippen LogP contribution is -1.82. The van der Waals surface area contributed by atoms with Crippen LogP contribution in [0.5, 0.6) is 0 Å². The van der Waals surface area contributed by atoms with E-state index in [1.54, 1.807) is 21.6 Å². The van der Waals surface area contributed by atoms with Crippen molar-refractivity contribution in [2.45, 2.75) is 9.79 Å². The zero-order valence-electron chi connectivity index (χ0n) is 9.99. The minimum atomic E-state index is 0.988. The molecule has 0 fully saturated rings. The summed E-state index contributed by atoms with van der Waals surface area (Å²) in [5, 5.41) is 0. The molecule has 0 unspecified atom stereocenters. The Bertz CT molecular complexity index is 683. The lowest BCUT2D eigenvalue weighted by molar-refractivity contribution is 1.33. The van der Waals surface area contributed by atoms with Crippen LogP contribution in [-0.4, -0.2) is 0 Å². The molecule has 0 bridgehead atoms. The normalized spacial score (nSPS) is 11.1. The number of halogens is 8. The smallest absolute Gasteiger partial charge is 0.0482 e. The van der Waals surface area contributed by atoms with Crippen LogP contribution in [0.2, 0.25) is 0 Å². The first-order chi connectivity index (χ1) is 10.2. The standard InChI is InChI=1S/C12H2Br8S2/c13-3-1-5(9(17)11(19)7(3)15)21-22-6-2-4(14)8(16)12(20)10(6)18/h1-2H. The van der Waals surface area contributed by atoms with E-state index in [1.807, 2.05) is 0 Å². The molecular formula is C12H2Br8S2. The molecule has 0 aliphatic heterocycles. The molecule has 0 N–H and O–H groups in total. The fraction of sp³-hybridized carbons (Fsp3) is 0. The van der Waals surface area contributed by atoms with E-state index >= 15 is 0 Å². The highest BCUT2D eigenvalue weighted by atomic mass is 79.9. The highest BCUT2D eigenvalue weighted by Gasteiger charge is 2.16. The van der Waals surface area contributed by atoms with Gasteiger partial charge in [-0.3, -0.25) is 0 Å². The Morgan fingerprint density at radius 2 is 0.773 bits per heavy atom. The van der Waals surface area contributed by atoms with Gasteiger partial charge >= 0.3 is 0 Å². The SMILES string of the molecule is Brc1cc(SSc2cc(Br)c(Br)c(Br)c2Br)c(Br)c(Br)c1Br. The van der Waals surface area contributed by atoms with Gasteiger partial charge < -0.3 is 0 Å². The van der Waals surface area contributed by atoms with Gasteiger partial charge in [0.05, 0.1) is 0 Å². The maximum absolute atomic E-state index is 3.63. The Morgan fingerprint density at radius 1 is 0.455 bits per heavy atom. The van der Waals surface area contributed by atoms with Crippen LogP contribution in [0.15, 0.2) is 57.7 Å². The van der Waals surface area contributed by atoms with Crippen molar-refractivity contribution in [3.63, 3.8) is 0 Å². The summed E-state index contributed by atoms with van der Waals surface area (Å²) in [6.45, 7) is 0. The van der Waals surface area contributed by atoms with Gasteiger partial charge in [0, 0.05) is 45.6 Å². The van der Waals surface area contributed by atoms with Crippen molar-refractivity contribution < 1.29 is 0 Å². The Balaban J connectivity index is 2.32. The third-order valence-electron chi connectivity index (χ3n) is 2.36. The maximum atomic E-state index is 3.63. The van der Waals surface area contributed by atoms with Crippen LogP contribution < -0.4 is 0 Å². The van der Waals surface area contributed by atoms with Crippen LogP contribution in [0.25, 0.3) is 0 Å². The maximum Gasteiger partial charge on any atom is 0.0482 e. The van der Waals surface area contributed by atoms with Crippen molar-refractivity contribution in [1.82, 2.24) is 0 Å². The van der Waals surface area contributed by atoms with Gasteiger partial charge in [0.25, 0.3) is 0 Å². The predicted octanol–water partition coefficient (Wildman–Crippen LogP) is 10.6. The first kappa shape index (κ1) is 21.3. The van der Waals surface area contributed by atoms with E-state index in [0.29, 0.717) is 0 Å². The summed E-state index contributed by atoms with van der Waals surface area (Å²) in [6.07, 6.45) is 0. The zero-order valence-corrected chi connectivity index (χ0v) is 24.3. The fourth-order valence-electron chi connectivity index (χ4n) is 1.31. The summed E-state index contributed by atoms with van der Waals surface area (Å²) in [5.74, 6) is 0. The summed E-state index contributed by atoms with van der Waals surface area (Å²) in [6, 6.07) is 4.15. The lowest BCUT2D eigenvalue weighted by atomic mass is 10.4. The first-order valence-electron chi connectivity index (χ1n) is 5.24. The summed E-state index contributed by atoms with van der Waals surface area (Å²) < 4.78 is 8.00. The molecule has 0 aliphatic rings. The molecule has 0 atom stereocenters. The molecule has 0 aromatic heterocycles. The van der Waals surface area contributed by atoms with Crippen molar-refractivity contribution >= 4 is 149 Å². The van der Waals surface area contributed by atoms with Crippen LogP contribution in [0.3, 0.4) is 0 Å². The van der Waals surface area contributed by atoms with Crippen LogP contribution in [0.1, 0.15) is 0 Å². The van der Waals surface area contributed by atoms with Crippen molar-refractivity contribution in [3.05, 3.63) is 47.9 Å². The van der Waals surface area contributed by atoms with Crippen molar-refractivity contribution in [2.75, 3.05) is 0 Å². The van der Waals surface area contributed by atoms with Crippen LogP contribution >= 0.6 is 149 Å². The molecule has 10 heteroatoms. The molecule has 2 aromatic carbocycles. The molecule has 22 heavy (non-hydrogen) atoms. The highest BCUT2D eigenvalue weighted by molar-refractivity contribution is 9.15. The average molecular weight is 850 g/mol. The molecule has 0 aliphatic carbocycles. The molecule has 0 heterocycles. The summed E-state index contributed by atoms with van der Waals surface area (Å²) in [7, 11) is 3.35. The topological polar surface area (TPSA) is 0 Å². The van der Waals surface area contributed by atoms with Crippen molar-refractivity contribution in [2.24, 2.45) is 0 Å². The molecule has 0 spiro atoms. The molecule has 0 radical (unpaired) electrons. The van der Waals surface area contributed by atoms with Gasteiger partial charge in [-0.1, -0.05) is 21.6 Å². The monoisotopic (exact) mass is 841 g/mol. The van der Waals surface area contributed by atoms with E-state index in [9.17, 15) is 0 Å². The van der Waals surface area contributed by atoms with Gasteiger partial charge in [0.1, 0.15) is 0 Å². The van der Waals surface area contributed by atoms with Crippen molar-refractivity contribution in [3.8, 4) is 0 Å². The second-order valence-electron chi connectivity index (χ2n) is 3.76. The van der Waals surface area contributed by atoms with Crippen LogP contribution in [0.4, 0.5) is 0 Å². The average Bonchev–Trinajstić information content (AvgIpc) is 2.49. The van der Waals surface area contributed by atoms with Gasteiger partial charge in [-0.2, -0.15) is 0 Å². The zero-order chi connectivity index (χ0) is 16.6. The highest BCUT2D eigenvalue weighted by Crippen LogP contribution is 2.51. The largest absolute Gasteiger partial charge is 0.0512 e. The molecule has 2 rings (SSSR count). The van der Waals surface area contributed by atoms with E-state index in [4.69, 9.17) is 0 Å². The van der Waals surface area contributed by atoms with Gasteiger partial charge in [0.2, 0.25) is 0 Å². The number of benzene rings is 2. The molecule has 118 valence electrons. The summed E-state index contributed by atoms with van der Waals surface area (Å²) in [4.78, 5) is 2.24. The van der Waals surface area contributed by atoms with Gasteiger partial charge in [-0.15, -0.1) is 0 Å². The summed E-state index contributed by atoms with van der Waals surface area (Å²) in [5.41, 5.74) is 0. The van der Waals surface area contributed by atoms with Crippen molar-refractivity contribution in [1.29, 1.82) is 0 Å². The van der Waals surface area contributed by atoms with E-state index in [-0.39, 0.29) is 0 Å². The Hall–Kier alpha value is 2.98. The lowest BCUT2D eigenvalue weighted by Gasteiger charge is -2.12. The van der Waals surface area contributed by atoms with E-state index < -0.39 is 0 Å². The minimum Gasteiger partial charge on any atom is -0.0512 e. The molecule has 0 nitrogen and oxygen atoms in total. The number of hydrogen-bond acceptors (Lipinski definition) is 2. The molecule has 2 aromatic rings. The van der Waals surface area contributed by atoms with E-state index in [0.717, 1.165) is 45.6 Å². The Morgan fingerprint density at radius 3 is 1.09 bits per heavy atom. The fourth-order valence-corrected chi connectivity index (χ4v) is 9.22. The Labute approximate surface area is 203 Å². The minimum absolute atomic E-state index is 0.988. The van der Waals surface area contributed by atoms with Gasteiger partial charge in [-0.05, 0) is 140 Å². The molecular weight excluding hydrogens is 847 g/mol. The van der Waals surface area contributed by atoms with Crippen LogP contribution in [0, 0.1) is 0 Å². The predicted molar refractivity (Wildman–Crippen MR) is 126 cm³/mol. The number of rotatable bonds is 3. The quantitative estimate of drug-likeness (QED) is 0.171. The Kier molecular flexibility index (Phi) is 8.96. The summed E-state index contributed by atoms with van der Waals surface area (Å²) >= 11 is 28.6. The third kappa shape index (κ3) is 4.82. The molecule has 0 saturated heterocycles. The van der Waals surface area contributed by atoms with Crippen LogP contribution in [-0.2, 0) is 0 Å². The second-order valence-corrected chi connectivity index (χ2v) is 12.4. The first-order valence-corrected chi connectivity index (χ1v) is 13.7. The van der Waals surface area contributed by atoms with E-state index in [2.05, 4.69) is 140 Å². The van der Waals surface area contributed by atoms with Gasteiger partial charge in [0.15, 0.2) is 0 Å². The third-order valence-corrected chi connectivity index (χ3v) is 14.6. The number of hydrogen-bond donors (Lipinski definition) is 0. The molecule has 0 saturated carbocycles. The van der Waals surface area contributed by atoms with E-state index in [1.165, 1.54) is 0 Å². The molecule has 0 amide bonds. The van der Waals surface area contributed by atoms with Gasteiger partial charge in [-0.25, -0.2) is 0 Å².